The van der Waals surface area contributed by atoms with Crippen molar-refractivity contribution in [1.82, 2.24) is 14.9 Å². The quantitative estimate of drug-likeness (QED) is 0.826. The average molecular weight is 282 g/mol. The predicted octanol–water partition coefficient (Wildman–Crippen LogP) is 0.935. The maximum atomic E-state index is 11.8. The number of nitrogens with zero attached hydrogens (tertiary/aromatic N) is 3. The van der Waals surface area contributed by atoms with Gasteiger partial charge in [0.25, 0.3) is 5.91 Å². The number of hydrogen-bond donors (Lipinski definition) is 1. The van der Waals surface area contributed by atoms with E-state index < -0.39 is 0 Å². The maximum Gasteiger partial charge on any atom is 0.252 e. The third-order valence-corrected chi connectivity index (χ3v) is 2.90. The van der Waals surface area contributed by atoms with E-state index in [4.69, 9.17) is 5.26 Å². The summed E-state index contributed by atoms with van der Waals surface area (Å²) < 4.78 is 1.59. The predicted molar refractivity (Wildman–Crippen MR) is 76.6 cm³/mol. The number of pyridine rings is 2. The van der Waals surface area contributed by atoms with Crippen LogP contribution in [0.15, 0.2) is 47.5 Å². The average Bonchev–Trinajstić information content (AvgIpc) is 2.53. The minimum Gasteiger partial charge on any atom is -0.352 e. The number of nitriles is 1. The zero-order valence-corrected chi connectivity index (χ0v) is 11.3. The standard InChI is InChI=1S/C15H14N4O2/c16-10-13-6-5-12(11-18-13)15(21)17-7-3-9-19-8-2-1-4-14(19)20/h1-2,4-6,8,11H,3,7,9H2,(H,17,21). The molecular weight excluding hydrogens is 268 g/mol. The van der Waals surface area contributed by atoms with Crippen molar-refractivity contribution >= 4 is 5.91 Å². The molecule has 0 atom stereocenters. The topological polar surface area (TPSA) is 87.8 Å². The first-order valence-corrected chi connectivity index (χ1v) is 6.50. The number of rotatable bonds is 5. The molecule has 0 fully saturated rings. The van der Waals surface area contributed by atoms with Crippen LogP contribution in [0.3, 0.4) is 0 Å². The van der Waals surface area contributed by atoms with Gasteiger partial charge in [0.2, 0.25) is 5.56 Å². The smallest absolute Gasteiger partial charge is 0.252 e. The van der Waals surface area contributed by atoms with E-state index in [-0.39, 0.29) is 17.2 Å². The summed E-state index contributed by atoms with van der Waals surface area (Å²) in [4.78, 5) is 27.1. The van der Waals surface area contributed by atoms with Gasteiger partial charge >= 0.3 is 0 Å². The highest BCUT2D eigenvalue weighted by Gasteiger charge is 2.05. The van der Waals surface area contributed by atoms with Crippen molar-refractivity contribution in [3.63, 3.8) is 0 Å². The van der Waals surface area contributed by atoms with Gasteiger partial charge in [-0.05, 0) is 24.6 Å². The molecule has 0 spiro atoms. The summed E-state index contributed by atoms with van der Waals surface area (Å²) in [5.41, 5.74) is 0.626. The molecule has 0 aliphatic carbocycles. The molecule has 6 heteroatoms. The van der Waals surface area contributed by atoms with Crippen LogP contribution in [-0.2, 0) is 6.54 Å². The summed E-state index contributed by atoms with van der Waals surface area (Å²) in [5, 5.41) is 11.4. The number of carbonyl (C=O) groups excluding carboxylic acids is 1. The van der Waals surface area contributed by atoms with E-state index in [1.165, 1.54) is 18.3 Å². The summed E-state index contributed by atoms with van der Waals surface area (Å²) >= 11 is 0. The summed E-state index contributed by atoms with van der Waals surface area (Å²) in [6.07, 6.45) is 3.74. The third kappa shape index (κ3) is 4.01. The molecule has 0 aliphatic heterocycles. The van der Waals surface area contributed by atoms with Gasteiger partial charge in [0, 0.05) is 31.5 Å². The molecule has 0 aromatic carbocycles. The summed E-state index contributed by atoms with van der Waals surface area (Å²) in [5.74, 6) is -0.243. The van der Waals surface area contributed by atoms with Crippen LogP contribution in [-0.4, -0.2) is 22.0 Å². The molecule has 2 aromatic heterocycles. The van der Waals surface area contributed by atoms with Crippen molar-refractivity contribution in [2.24, 2.45) is 0 Å². The molecule has 106 valence electrons. The lowest BCUT2D eigenvalue weighted by atomic mass is 10.2. The largest absolute Gasteiger partial charge is 0.352 e. The van der Waals surface area contributed by atoms with Gasteiger partial charge in [0.05, 0.1) is 5.56 Å². The lowest BCUT2D eigenvalue weighted by Crippen LogP contribution is -2.26. The van der Waals surface area contributed by atoms with Crippen LogP contribution in [0.4, 0.5) is 0 Å². The minimum absolute atomic E-state index is 0.0554. The van der Waals surface area contributed by atoms with Crippen LogP contribution >= 0.6 is 0 Å². The fraction of sp³-hybridized carbons (Fsp3) is 0.200. The summed E-state index contributed by atoms with van der Waals surface area (Å²) in [6.45, 7) is 1.01. The molecule has 0 unspecified atom stereocenters. The Morgan fingerprint density at radius 1 is 1.33 bits per heavy atom. The van der Waals surface area contributed by atoms with E-state index in [2.05, 4.69) is 10.3 Å². The molecule has 0 radical (unpaired) electrons. The van der Waals surface area contributed by atoms with Crippen molar-refractivity contribution in [3.05, 3.63) is 64.3 Å². The highest BCUT2D eigenvalue weighted by molar-refractivity contribution is 5.93. The normalized spacial score (nSPS) is 9.86. The van der Waals surface area contributed by atoms with Crippen LogP contribution in [0.25, 0.3) is 0 Å². The highest BCUT2D eigenvalue weighted by Crippen LogP contribution is 1.99. The van der Waals surface area contributed by atoms with Crippen molar-refractivity contribution in [2.75, 3.05) is 6.54 Å². The van der Waals surface area contributed by atoms with E-state index in [9.17, 15) is 9.59 Å². The van der Waals surface area contributed by atoms with Gasteiger partial charge in [-0.15, -0.1) is 0 Å². The third-order valence-electron chi connectivity index (χ3n) is 2.90. The Kier molecular flexibility index (Phi) is 4.83. The Labute approximate surface area is 121 Å². The molecule has 1 amide bonds. The van der Waals surface area contributed by atoms with Gasteiger partial charge in [-0.1, -0.05) is 6.07 Å². The molecule has 2 rings (SSSR count). The van der Waals surface area contributed by atoms with Gasteiger partial charge in [-0.3, -0.25) is 9.59 Å². The van der Waals surface area contributed by atoms with Crippen molar-refractivity contribution in [1.29, 1.82) is 5.26 Å². The summed E-state index contributed by atoms with van der Waals surface area (Å²) in [7, 11) is 0. The second kappa shape index (κ2) is 7.01. The molecule has 21 heavy (non-hydrogen) atoms. The second-order valence-electron chi connectivity index (χ2n) is 4.39. The lowest BCUT2D eigenvalue weighted by molar-refractivity contribution is 0.0952. The van der Waals surface area contributed by atoms with Gasteiger partial charge in [-0.25, -0.2) is 4.98 Å². The van der Waals surface area contributed by atoms with Crippen molar-refractivity contribution < 1.29 is 4.79 Å². The second-order valence-corrected chi connectivity index (χ2v) is 4.39. The van der Waals surface area contributed by atoms with Crippen LogP contribution in [0.5, 0.6) is 0 Å². The molecule has 6 nitrogen and oxygen atoms in total. The van der Waals surface area contributed by atoms with E-state index in [0.717, 1.165) is 0 Å². The van der Waals surface area contributed by atoms with Gasteiger partial charge < -0.3 is 9.88 Å². The number of amides is 1. The van der Waals surface area contributed by atoms with Crippen LogP contribution in [0.1, 0.15) is 22.5 Å². The SMILES string of the molecule is N#Cc1ccc(C(=O)NCCCn2ccccc2=O)cn1. The van der Waals surface area contributed by atoms with Crippen molar-refractivity contribution in [3.8, 4) is 6.07 Å². The maximum absolute atomic E-state index is 11.8. The summed E-state index contributed by atoms with van der Waals surface area (Å²) in [6, 6.07) is 9.94. The molecule has 0 aliphatic rings. The molecule has 0 saturated heterocycles. The Morgan fingerprint density at radius 3 is 2.86 bits per heavy atom. The fourth-order valence-corrected chi connectivity index (χ4v) is 1.79. The first-order valence-electron chi connectivity index (χ1n) is 6.50. The monoisotopic (exact) mass is 282 g/mol. The first kappa shape index (κ1) is 14.5. The minimum atomic E-state index is -0.243. The molecule has 2 aromatic rings. The number of aromatic nitrogens is 2. The van der Waals surface area contributed by atoms with Crippen LogP contribution in [0.2, 0.25) is 0 Å². The lowest BCUT2D eigenvalue weighted by Gasteiger charge is -2.06. The Morgan fingerprint density at radius 2 is 2.19 bits per heavy atom. The molecule has 2 heterocycles. The van der Waals surface area contributed by atoms with Crippen LogP contribution in [0, 0.1) is 11.3 Å². The fourth-order valence-electron chi connectivity index (χ4n) is 1.79. The van der Waals surface area contributed by atoms with E-state index in [1.54, 1.807) is 29.0 Å². The van der Waals surface area contributed by atoms with E-state index in [0.29, 0.717) is 25.1 Å². The van der Waals surface area contributed by atoms with E-state index >= 15 is 0 Å². The van der Waals surface area contributed by atoms with E-state index in [1.807, 2.05) is 6.07 Å². The zero-order valence-electron chi connectivity index (χ0n) is 11.3. The highest BCUT2D eigenvalue weighted by atomic mass is 16.1. The van der Waals surface area contributed by atoms with Gasteiger partial charge in [-0.2, -0.15) is 5.26 Å². The molecule has 0 saturated carbocycles. The molecule has 1 N–H and O–H groups in total. The number of aryl methyl sites for hydroxylation is 1. The number of nitrogens with one attached hydrogen (secondary N) is 1. The first-order chi connectivity index (χ1) is 10.2. The molecular formula is C15H14N4O2. The number of hydrogen-bond acceptors (Lipinski definition) is 4. The number of carbonyl (C=O) groups is 1. The zero-order chi connectivity index (χ0) is 15.1. The Hall–Kier alpha value is -2.94. The van der Waals surface area contributed by atoms with Crippen LogP contribution < -0.4 is 10.9 Å². The Balaban J connectivity index is 1.80. The van der Waals surface area contributed by atoms with Crippen molar-refractivity contribution in [2.45, 2.75) is 13.0 Å². The van der Waals surface area contributed by atoms with Gasteiger partial charge in [0.1, 0.15) is 11.8 Å². The molecule has 0 bridgehead atoms. The van der Waals surface area contributed by atoms with Gasteiger partial charge in [0.15, 0.2) is 0 Å². The Bertz CT molecular complexity index is 713.